The van der Waals surface area contributed by atoms with Gasteiger partial charge >= 0.3 is 0 Å². The number of aliphatic imine (C=N–C) groups is 1. The fourth-order valence-corrected chi connectivity index (χ4v) is 4.12. The number of morpholine rings is 1. The zero-order valence-electron chi connectivity index (χ0n) is 17.7. The Balaban J connectivity index is 1.19. The Labute approximate surface area is 179 Å². The molecule has 4 rings (SSSR count). The Morgan fingerprint density at radius 1 is 1.00 bits per heavy atom. The van der Waals surface area contributed by atoms with Crippen LogP contribution in [0.1, 0.15) is 23.1 Å². The van der Waals surface area contributed by atoms with Gasteiger partial charge in [0.1, 0.15) is 0 Å². The summed E-state index contributed by atoms with van der Waals surface area (Å²) in [5.74, 6) is 0.523. The highest BCUT2D eigenvalue weighted by Crippen LogP contribution is 2.28. The maximum absolute atomic E-state index is 6.02. The Morgan fingerprint density at radius 2 is 1.77 bits per heavy atom. The van der Waals surface area contributed by atoms with Crippen LogP contribution in [0.15, 0.2) is 53.5 Å². The molecule has 0 unspecified atom stereocenters. The van der Waals surface area contributed by atoms with E-state index in [0.29, 0.717) is 12.5 Å². The average Bonchev–Trinajstić information content (AvgIpc) is 3.20. The van der Waals surface area contributed by atoms with Crippen LogP contribution < -0.4 is 16.0 Å². The van der Waals surface area contributed by atoms with E-state index in [0.717, 1.165) is 65.3 Å². The second kappa shape index (κ2) is 10.5. The molecule has 2 aromatic rings. The average molecular weight is 408 g/mol. The van der Waals surface area contributed by atoms with E-state index in [1.165, 1.54) is 22.4 Å². The van der Waals surface area contributed by atoms with E-state index in [-0.39, 0.29) is 0 Å². The molecule has 0 atom stereocenters. The summed E-state index contributed by atoms with van der Waals surface area (Å²) >= 11 is 0. The lowest BCUT2D eigenvalue weighted by atomic mass is 10.1. The standard InChI is InChI=1S/C24H33N5O/c25-24(26-11-3-12-28-14-16-30-17-15-28)27-18-20-6-8-21(9-7-20)19-29-13-10-22-4-1-2-5-23(22)29/h1-2,4-9H,3,10-19H2,(H3,25,26,27). The number of para-hydroxylation sites is 1. The third-order valence-electron chi connectivity index (χ3n) is 5.87. The number of hydrogen-bond donors (Lipinski definition) is 2. The van der Waals surface area contributed by atoms with Gasteiger partial charge in [-0.15, -0.1) is 0 Å². The molecule has 0 saturated carbocycles. The van der Waals surface area contributed by atoms with Crippen LogP contribution in [0.25, 0.3) is 0 Å². The zero-order valence-corrected chi connectivity index (χ0v) is 17.7. The molecule has 0 spiro atoms. The van der Waals surface area contributed by atoms with E-state index in [2.05, 4.69) is 68.6 Å². The normalized spacial score (nSPS) is 17.2. The van der Waals surface area contributed by atoms with Crippen molar-refractivity contribution in [3.8, 4) is 0 Å². The zero-order chi connectivity index (χ0) is 20.6. The first kappa shape index (κ1) is 20.7. The van der Waals surface area contributed by atoms with E-state index in [4.69, 9.17) is 10.5 Å². The first-order valence-electron chi connectivity index (χ1n) is 11.0. The Kier molecular flexibility index (Phi) is 7.21. The molecule has 1 saturated heterocycles. The largest absolute Gasteiger partial charge is 0.379 e. The lowest BCUT2D eigenvalue weighted by Gasteiger charge is -2.26. The monoisotopic (exact) mass is 407 g/mol. The predicted octanol–water partition coefficient (Wildman–Crippen LogP) is 2.38. The van der Waals surface area contributed by atoms with Gasteiger partial charge < -0.3 is 20.7 Å². The number of ether oxygens (including phenoxy) is 1. The minimum atomic E-state index is 0.523. The van der Waals surface area contributed by atoms with Gasteiger partial charge in [-0.3, -0.25) is 4.90 Å². The van der Waals surface area contributed by atoms with Crippen molar-refractivity contribution in [2.75, 3.05) is 50.8 Å². The maximum Gasteiger partial charge on any atom is 0.188 e. The third-order valence-corrected chi connectivity index (χ3v) is 5.87. The highest BCUT2D eigenvalue weighted by molar-refractivity contribution is 5.77. The second-order valence-electron chi connectivity index (χ2n) is 8.05. The van der Waals surface area contributed by atoms with Crippen molar-refractivity contribution in [2.24, 2.45) is 10.7 Å². The van der Waals surface area contributed by atoms with Crippen molar-refractivity contribution >= 4 is 11.6 Å². The van der Waals surface area contributed by atoms with Gasteiger partial charge in [0, 0.05) is 38.4 Å². The Hall–Kier alpha value is -2.57. The summed E-state index contributed by atoms with van der Waals surface area (Å²) in [7, 11) is 0. The van der Waals surface area contributed by atoms with E-state index < -0.39 is 0 Å². The molecule has 0 amide bonds. The molecule has 2 aromatic carbocycles. The number of benzene rings is 2. The third kappa shape index (κ3) is 5.74. The van der Waals surface area contributed by atoms with Gasteiger partial charge in [-0.2, -0.15) is 0 Å². The van der Waals surface area contributed by atoms with E-state index >= 15 is 0 Å². The molecule has 0 bridgehead atoms. The van der Waals surface area contributed by atoms with Crippen LogP contribution in [0.2, 0.25) is 0 Å². The van der Waals surface area contributed by atoms with E-state index in [1.807, 2.05) is 0 Å². The lowest BCUT2D eigenvalue weighted by Crippen LogP contribution is -2.39. The van der Waals surface area contributed by atoms with Crippen molar-refractivity contribution in [1.82, 2.24) is 10.2 Å². The van der Waals surface area contributed by atoms with Gasteiger partial charge in [0.05, 0.1) is 19.8 Å². The maximum atomic E-state index is 6.02. The van der Waals surface area contributed by atoms with Gasteiger partial charge in [-0.25, -0.2) is 4.99 Å². The van der Waals surface area contributed by atoms with Gasteiger partial charge in [-0.05, 0) is 42.1 Å². The van der Waals surface area contributed by atoms with Crippen LogP contribution in [0.3, 0.4) is 0 Å². The van der Waals surface area contributed by atoms with Crippen molar-refractivity contribution in [3.63, 3.8) is 0 Å². The number of fused-ring (bicyclic) bond motifs is 1. The van der Waals surface area contributed by atoms with Crippen LogP contribution in [-0.2, 0) is 24.2 Å². The SMILES string of the molecule is NC(=NCc1ccc(CN2CCc3ccccc32)cc1)NCCCN1CCOCC1. The summed E-state index contributed by atoms with van der Waals surface area (Å²) in [6.07, 6.45) is 2.20. The molecule has 0 radical (unpaired) electrons. The molecule has 2 heterocycles. The van der Waals surface area contributed by atoms with Crippen molar-refractivity contribution < 1.29 is 4.74 Å². The summed E-state index contributed by atoms with van der Waals surface area (Å²) in [6, 6.07) is 17.4. The van der Waals surface area contributed by atoms with Crippen molar-refractivity contribution in [3.05, 3.63) is 65.2 Å². The van der Waals surface area contributed by atoms with Crippen molar-refractivity contribution in [2.45, 2.75) is 25.9 Å². The number of hydrogen-bond acceptors (Lipinski definition) is 4. The summed E-state index contributed by atoms with van der Waals surface area (Å²) in [4.78, 5) is 9.37. The molecule has 0 aromatic heterocycles. The van der Waals surface area contributed by atoms with E-state index in [1.54, 1.807) is 0 Å². The number of nitrogens with two attached hydrogens (primary N) is 1. The minimum Gasteiger partial charge on any atom is -0.379 e. The van der Waals surface area contributed by atoms with Crippen molar-refractivity contribution in [1.29, 1.82) is 0 Å². The van der Waals surface area contributed by atoms with Gasteiger partial charge in [0.25, 0.3) is 0 Å². The smallest absolute Gasteiger partial charge is 0.188 e. The van der Waals surface area contributed by atoms with Crippen LogP contribution >= 0.6 is 0 Å². The summed E-state index contributed by atoms with van der Waals surface area (Å²) in [5.41, 5.74) is 11.4. The second-order valence-corrected chi connectivity index (χ2v) is 8.05. The lowest BCUT2D eigenvalue weighted by molar-refractivity contribution is 0.0376. The fourth-order valence-electron chi connectivity index (χ4n) is 4.12. The molecule has 160 valence electrons. The quantitative estimate of drug-likeness (QED) is 0.400. The Bertz CT molecular complexity index is 830. The highest BCUT2D eigenvalue weighted by atomic mass is 16.5. The number of guanidine groups is 1. The molecule has 3 N–H and O–H groups in total. The van der Waals surface area contributed by atoms with Gasteiger partial charge in [0.15, 0.2) is 5.96 Å². The number of nitrogens with one attached hydrogen (secondary N) is 1. The summed E-state index contributed by atoms with van der Waals surface area (Å²) in [6.45, 7) is 8.34. The van der Waals surface area contributed by atoms with Crippen LogP contribution in [0.5, 0.6) is 0 Å². The summed E-state index contributed by atoms with van der Waals surface area (Å²) < 4.78 is 5.37. The van der Waals surface area contributed by atoms with Crippen LogP contribution in [0, 0.1) is 0 Å². The topological polar surface area (TPSA) is 66.1 Å². The van der Waals surface area contributed by atoms with Gasteiger partial charge in [-0.1, -0.05) is 42.5 Å². The fraction of sp³-hybridized carbons (Fsp3) is 0.458. The molecule has 1 fully saturated rings. The summed E-state index contributed by atoms with van der Waals surface area (Å²) in [5, 5.41) is 3.22. The molecule has 30 heavy (non-hydrogen) atoms. The number of nitrogens with zero attached hydrogens (tertiary/aromatic N) is 3. The first-order valence-corrected chi connectivity index (χ1v) is 11.0. The first-order chi connectivity index (χ1) is 14.8. The minimum absolute atomic E-state index is 0.523. The predicted molar refractivity (Wildman–Crippen MR) is 123 cm³/mol. The van der Waals surface area contributed by atoms with E-state index in [9.17, 15) is 0 Å². The molecule has 6 nitrogen and oxygen atoms in total. The highest BCUT2D eigenvalue weighted by Gasteiger charge is 2.18. The molecular weight excluding hydrogens is 374 g/mol. The number of anilines is 1. The molecule has 2 aliphatic rings. The van der Waals surface area contributed by atoms with Crippen LogP contribution in [-0.4, -0.2) is 56.8 Å². The van der Waals surface area contributed by atoms with Crippen LogP contribution in [0.4, 0.5) is 5.69 Å². The Morgan fingerprint density at radius 3 is 2.60 bits per heavy atom. The molecule has 2 aliphatic heterocycles. The number of rotatable bonds is 8. The molecular formula is C24H33N5O. The molecule has 6 heteroatoms. The van der Waals surface area contributed by atoms with Gasteiger partial charge in [0.2, 0.25) is 0 Å². The molecule has 0 aliphatic carbocycles.